The Balaban J connectivity index is 1.84. The molecule has 2 rings (SSSR count). The summed E-state index contributed by atoms with van der Waals surface area (Å²) in [6.07, 6.45) is 5.67. The number of benzene rings is 1. The molecule has 1 heterocycles. The third kappa shape index (κ3) is 3.91. The Morgan fingerprint density at radius 1 is 1.41 bits per heavy atom. The fourth-order valence-electron chi connectivity index (χ4n) is 1.64. The van der Waals surface area contributed by atoms with E-state index in [1.54, 1.807) is 0 Å². The molecule has 0 aliphatic rings. The van der Waals surface area contributed by atoms with Crippen LogP contribution in [0.2, 0.25) is 0 Å². The Hall–Kier alpha value is -1.26. The molecule has 0 radical (unpaired) electrons. The molecule has 3 nitrogen and oxygen atoms in total. The van der Waals surface area contributed by atoms with Crippen molar-refractivity contribution in [3.63, 3.8) is 0 Å². The zero-order valence-electron chi connectivity index (χ0n) is 9.97. The molecule has 0 unspecified atom stereocenters. The third-order valence-electron chi connectivity index (χ3n) is 2.46. The van der Waals surface area contributed by atoms with Crippen LogP contribution in [0.3, 0.4) is 0 Å². The van der Waals surface area contributed by atoms with Crippen LogP contribution in [0, 0.1) is 0 Å². The second-order valence-electron chi connectivity index (χ2n) is 3.83. The first-order chi connectivity index (χ1) is 8.38. The molecule has 0 spiro atoms. The average Bonchev–Trinajstić information content (AvgIpc) is 2.83. The highest BCUT2D eigenvalue weighted by molar-refractivity contribution is 7.99. The first-order valence-electron chi connectivity index (χ1n) is 5.70. The van der Waals surface area contributed by atoms with Gasteiger partial charge in [0.15, 0.2) is 0 Å². The molecule has 90 valence electrons. The molecule has 4 heteroatoms. The van der Waals surface area contributed by atoms with Crippen molar-refractivity contribution in [3.05, 3.63) is 48.5 Å². The van der Waals surface area contributed by atoms with Gasteiger partial charge in [-0.3, -0.25) is 0 Å². The second-order valence-corrected chi connectivity index (χ2v) is 5.00. The summed E-state index contributed by atoms with van der Waals surface area (Å²) >= 11 is 1.88. The highest BCUT2D eigenvalue weighted by atomic mass is 32.2. The van der Waals surface area contributed by atoms with Crippen molar-refractivity contribution in [1.29, 1.82) is 0 Å². The van der Waals surface area contributed by atoms with E-state index in [-0.39, 0.29) is 0 Å². The van der Waals surface area contributed by atoms with Crippen LogP contribution >= 0.6 is 11.8 Å². The Morgan fingerprint density at radius 2 is 2.35 bits per heavy atom. The molecule has 0 fully saturated rings. The number of imidazole rings is 1. The van der Waals surface area contributed by atoms with E-state index in [1.165, 1.54) is 10.5 Å². The molecule has 1 aromatic heterocycles. The quantitative estimate of drug-likeness (QED) is 0.795. The van der Waals surface area contributed by atoms with Gasteiger partial charge in [-0.25, -0.2) is 4.98 Å². The van der Waals surface area contributed by atoms with Crippen molar-refractivity contribution in [2.75, 3.05) is 12.8 Å². The first kappa shape index (κ1) is 12.2. The number of aromatic nitrogens is 2. The SMILES string of the molecule is CNCc1cccc(SCCn2ccnc2)c1. The van der Waals surface area contributed by atoms with Crippen molar-refractivity contribution < 1.29 is 0 Å². The Kier molecular flexibility index (Phi) is 4.64. The lowest BCUT2D eigenvalue weighted by Gasteiger charge is -2.05. The molecular formula is C13H17N3S. The van der Waals surface area contributed by atoms with Gasteiger partial charge < -0.3 is 9.88 Å². The van der Waals surface area contributed by atoms with Crippen LogP contribution in [0.15, 0.2) is 47.9 Å². The Morgan fingerprint density at radius 3 is 3.12 bits per heavy atom. The van der Waals surface area contributed by atoms with Crippen LogP contribution < -0.4 is 5.32 Å². The summed E-state index contributed by atoms with van der Waals surface area (Å²) in [6.45, 7) is 1.93. The summed E-state index contributed by atoms with van der Waals surface area (Å²) in [7, 11) is 1.97. The number of aryl methyl sites for hydroxylation is 1. The fourth-order valence-corrected chi connectivity index (χ4v) is 2.58. The van der Waals surface area contributed by atoms with Crippen molar-refractivity contribution in [3.8, 4) is 0 Å². The summed E-state index contributed by atoms with van der Waals surface area (Å²) in [5.41, 5.74) is 1.33. The van der Waals surface area contributed by atoms with Crippen LogP contribution in [0.4, 0.5) is 0 Å². The molecule has 0 bridgehead atoms. The number of nitrogens with one attached hydrogen (secondary N) is 1. The zero-order valence-corrected chi connectivity index (χ0v) is 10.8. The summed E-state index contributed by atoms with van der Waals surface area (Å²) in [5.74, 6) is 1.07. The maximum atomic E-state index is 4.03. The van der Waals surface area contributed by atoms with Gasteiger partial charge in [0.1, 0.15) is 0 Å². The van der Waals surface area contributed by atoms with Crippen molar-refractivity contribution in [2.24, 2.45) is 0 Å². The van der Waals surface area contributed by atoms with Gasteiger partial charge in [-0.1, -0.05) is 12.1 Å². The molecule has 1 N–H and O–H groups in total. The molecule has 0 saturated carbocycles. The number of nitrogens with zero attached hydrogens (tertiary/aromatic N) is 2. The van der Waals surface area contributed by atoms with Crippen LogP contribution in [-0.4, -0.2) is 22.4 Å². The normalized spacial score (nSPS) is 10.6. The van der Waals surface area contributed by atoms with E-state index < -0.39 is 0 Å². The highest BCUT2D eigenvalue weighted by Crippen LogP contribution is 2.19. The van der Waals surface area contributed by atoms with Gasteiger partial charge >= 0.3 is 0 Å². The van der Waals surface area contributed by atoms with E-state index >= 15 is 0 Å². The lowest BCUT2D eigenvalue weighted by atomic mass is 10.2. The Bertz CT molecular complexity index is 440. The van der Waals surface area contributed by atoms with Crippen molar-refractivity contribution in [2.45, 2.75) is 18.0 Å². The third-order valence-corrected chi connectivity index (χ3v) is 3.43. The molecule has 0 amide bonds. The van der Waals surface area contributed by atoms with Gasteiger partial charge in [-0.2, -0.15) is 0 Å². The van der Waals surface area contributed by atoms with Gasteiger partial charge in [0.05, 0.1) is 6.33 Å². The summed E-state index contributed by atoms with van der Waals surface area (Å²) < 4.78 is 2.10. The van der Waals surface area contributed by atoms with Gasteiger partial charge in [-0.15, -0.1) is 11.8 Å². The molecule has 0 atom stereocenters. The van der Waals surface area contributed by atoms with E-state index in [0.717, 1.165) is 18.8 Å². The van der Waals surface area contributed by atoms with E-state index in [9.17, 15) is 0 Å². The Labute approximate surface area is 106 Å². The standard InChI is InChI=1S/C13H17N3S/c1-14-10-12-3-2-4-13(9-12)17-8-7-16-6-5-15-11-16/h2-6,9,11,14H,7-8,10H2,1H3. The van der Waals surface area contributed by atoms with E-state index in [0.29, 0.717) is 0 Å². The first-order valence-corrected chi connectivity index (χ1v) is 6.69. The lowest BCUT2D eigenvalue weighted by Crippen LogP contribution is -2.04. The lowest BCUT2D eigenvalue weighted by molar-refractivity contribution is 0.770. The van der Waals surface area contributed by atoms with Crippen LogP contribution in [0.5, 0.6) is 0 Å². The number of hydrogen-bond acceptors (Lipinski definition) is 3. The minimum atomic E-state index is 0.927. The smallest absolute Gasteiger partial charge is 0.0946 e. The predicted octanol–water partition coefficient (Wildman–Crippen LogP) is 2.39. The van der Waals surface area contributed by atoms with Gasteiger partial charge in [0.2, 0.25) is 0 Å². The molecule has 1 aromatic carbocycles. The molecule has 2 aromatic rings. The minimum absolute atomic E-state index is 0.927. The molecule has 0 saturated heterocycles. The van der Waals surface area contributed by atoms with Gasteiger partial charge in [0, 0.05) is 36.1 Å². The van der Waals surface area contributed by atoms with Crippen molar-refractivity contribution in [1.82, 2.24) is 14.9 Å². The van der Waals surface area contributed by atoms with Gasteiger partial charge in [-0.05, 0) is 24.7 Å². The molecule has 17 heavy (non-hydrogen) atoms. The zero-order chi connectivity index (χ0) is 11.9. The number of thioether (sulfide) groups is 1. The van der Waals surface area contributed by atoms with E-state index in [2.05, 4.69) is 39.1 Å². The monoisotopic (exact) mass is 247 g/mol. The van der Waals surface area contributed by atoms with Crippen LogP contribution in [0.1, 0.15) is 5.56 Å². The summed E-state index contributed by atoms with van der Waals surface area (Å²) in [4.78, 5) is 5.36. The van der Waals surface area contributed by atoms with Crippen LogP contribution in [-0.2, 0) is 13.1 Å². The topological polar surface area (TPSA) is 29.9 Å². The number of rotatable bonds is 6. The predicted molar refractivity (Wildman–Crippen MR) is 72.2 cm³/mol. The average molecular weight is 247 g/mol. The number of hydrogen-bond donors (Lipinski definition) is 1. The summed E-state index contributed by atoms with van der Waals surface area (Å²) in [5, 5.41) is 3.17. The van der Waals surface area contributed by atoms with Gasteiger partial charge in [0.25, 0.3) is 0 Å². The van der Waals surface area contributed by atoms with E-state index in [4.69, 9.17) is 0 Å². The second kappa shape index (κ2) is 6.47. The highest BCUT2D eigenvalue weighted by Gasteiger charge is 1.97. The molecule has 0 aliphatic carbocycles. The molecule has 0 aliphatic heterocycles. The molecular weight excluding hydrogens is 230 g/mol. The summed E-state index contributed by atoms with van der Waals surface area (Å²) in [6, 6.07) is 8.68. The fraction of sp³-hybridized carbons (Fsp3) is 0.308. The largest absolute Gasteiger partial charge is 0.337 e. The van der Waals surface area contributed by atoms with E-state index in [1.807, 2.05) is 37.5 Å². The minimum Gasteiger partial charge on any atom is -0.337 e. The van der Waals surface area contributed by atoms with Crippen molar-refractivity contribution >= 4 is 11.8 Å². The maximum Gasteiger partial charge on any atom is 0.0946 e. The van der Waals surface area contributed by atoms with Crippen LogP contribution in [0.25, 0.3) is 0 Å². The maximum absolute atomic E-state index is 4.03.